The van der Waals surface area contributed by atoms with E-state index in [-0.39, 0.29) is 12.3 Å². The first kappa shape index (κ1) is 19.4. The summed E-state index contributed by atoms with van der Waals surface area (Å²) >= 11 is 0. The van der Waals surface area contributed by atoms with Crippen LogP contribution in [0.4, 0.5) is 0 Å². The van der Waals surface area contributed by atoms with Gasteiger partial charge in [0.15, 0.2) is 0 Å². The summed E-state index contributed by atoms with van der Waals surface area (Å²) in [6, 6.07) is 8.75. The number of likely N-dealkylation sites (N-methyl/N-ethyl adjacent to an activating group) is 1. The Labute approximate surface area is 150 Å². The summed E-state index contributed by atoms with van der Waals surface area (Å²) < 4.78 is 0. The first-order valence-corrected chi connectivity index (χ1v) is 9.17. The minimum Gasteiger partial charge on any atom is -0.481 e. The quantitative estimate of drug-likeness (QED) is 0.786. The van der Waals surface area contributed by atoms with Gasteiger partial charge >= 0.3 is 5.97 Å². The van der Waals surface area contributed by atoms with Crippen molar-refractivity contribution in [1.82, 2.24) is 9.80 Å². The molecule has 0 unspecified atom stereocenters. The van der Waals surface area contributed by atoms with Gasteiger partial charge in [0.25, 0.3) is 0 Å². The van der Waals surface area contributed by atoms with Crippen molar-refractivity contribution in [3.63, 3.8) is 0 Å². The lowest BCUT2D eigenvalue weighted by molar-refractivity contribution is -0.138. The van der Waals surface area contributed by atoms with E-state index in [9.17, 15) is 9.59 Å². The minimum absolute atomic E-state index is 0.0743. The molecule has 1 aliphatic heterocycles. The molecule has 0 radical (unpaired) electrons. The molecule has 1 heterocycles. The molecule has 1 N–H and O–H groups in total. The van der Waals surface area contributed by atoms with Crippen LogP contribution in [0.2, 0.25) is 0 Å². The van der Waals surface area contributed by atoms with Crippen molar-refractivity contribution in [3.8, 4) is 0 Å². The van der Waals surface area contributed by atoms with Crippen LogP contribution in [0.1, 0.15) is 36.8 Å². The molecule has 0 aromatic heterocycles. The molecule has 2 rings (SSSR count). The molecule has 1 fully saturated rings. The van der Waals surface area contributed by atoms with Crippen LogP contribution >= 0.6 is 0 Å². The number of likely N-dealkylation sites (tertiary alicyclic amines) is 1. The van der Waals surface area contributed by atoms with Gasteiger partial charge in [-0.25, -0.2) is 0 Å². The Hall–Kier alpha value is -1.88. The number of piperidine rings is 1. The SMILES string of the molecule is Cc1ccc(CCC2CCN(C(=O)CN(C)CCC(=O)O)CC2)cc1. The molecule has 1 aromatic rings. The number of benzene rings is 1. The zero-order valence-electron chi connectivity index (χ0n) is 15.4. The maximum atomic E-state index is 12.3. The van der Waals surface area contributed by atoms with Gasteiger partial charge in [0.2, 0.25) is 5.91 Å². The van der Waals surface area contributed by atoms with Gasteiger partial charge in [-0.15, -0.1) is 0 Å². The van der Waals surface area contributed by atoms with Crippen LogP contribution in [0.15, 0.2) is 24.3 Å². The Morgan fingerprint density at radius 3 is 2.44 bits per heavy atom. The molecule has 0 aliphatic carbocycles. The van der Waals surface area contributed by atoms with Gasteiger partial charge in [-0.1, -0.05) is 29.8 Å². The Morgan fingerprint density at radius 1 is 1.20 bits per heavy atom. The lowest BCUT2D eigenvalue weighted by Gasteiger charge is -2.33. The first-order valence-electron chi connectivity index (χ1n) is 9.17. The summed E-state index contributed by atoms with van der Waals surface area (Å²) in [5.41, 5.74) is 2.69. The van der Waals surface area contributed by atoms with Crippen molar-refractivity contribution in [3.05, 3.63) is 35.4 Å². The van der Waals surface area contributed by atoms with Crippen LogP contribution in [0.25, 0.3) is 0 Å². The Balaban J connectivity index is 1.67. The van der Waals surface area contributed by atoms with Crippen molar-refractivity contribution in [2.45, 2.75) is 39.0 Å². The zero-order valence-corrected chi connectivity index (χ0v) is 15.4. The fourth-order valence-corrected chi connectivity index (χ4v) is 3.29. The molecule has 1 amide bonds. The lowest BCUT2D eigenvalue weighted by Crippen LogP contribution is -2.43. The number of hydrogen-bond acceptors (Lipinski definition) is 3. The van der Waals surface area contributed by atoms with Crippen LogP contribution in [-0.2, 0) is 16.0 Å². The van der Waals surface area contributed by atoms with Gasteiger partial charge in [0, 0.05) is 19.6 Å². The second-order valence-electron chi connectivity index (χ2n) is 7.23. The summed E-state index contributed by atoms with van der Waals surface area (Å²) in [6.07, 6.45) is 4.50. The largest absolute Gasteiger partial charge is 0.481 e. The molecule has 138 valence electrons. The second-order valence-corrected chi connectivity index (χ2v) is 7.23. The maximum Gasteiger partial charge on any atom is 0.304 e. The van der Waals surface area contributed by atoms with Crippen molar-refractivity contribution in [1.29, 1.82) is 0 Å². The van der Waals surface area contributed by atoms with Crippen molar-refractivity contribution < 1.29 is 14.7 Å². The standard InChI is InChI=1S/C20H30N2O3/c1-16-3-5-17(6-4-16)7-8-18-9-13-22(14-10-18)19(23)15-21(2)12-11-20(24)25/h3-6,18H,7-15H2,1-2H3,(H,24,25). The van der Waals surface area contributed by atoms with Crippen LogP contribution < -0.4 is 0 Å². The minimum atomic E-state index is -0.825. The highest BCUT2D eigenvalue weighted by Gasteiger charge is 2.23. The van der Waals surface area contributed by atoms with Gasteiger partial charge < -0.3 is 10.0 Å². The molecule has 5 nitrogen and oxygen atoms in total. The van der Waals surface area contributed by atoms with Crippen LogP contribution in [0, 0.1) is 12.8 Å². The summed E-state index contributed by atoms with van der Waals surface area (Å²) in [5, 5.41) is 8.70. The molecule has 1 saturated heterocycles. The number of amides is 1. The number of aryl methyl sites for hydroxylation is 2. The number of carbonyl (C=O) groups is 2. The van der Waals surface area contributed by atoms with E-state index in [1.54, 1.807) is 11.9 Å². The van der Waals surface area contributed by atoms with E-state index < -0.39 is 5.97 Å². The summed E-state index contributed by atoms with van der Waals surface area (Å²) in [4.78, 5) is 26.6. The van der Waals surface area contributed by atoms with Gasteiger partial charge in [0.05, 0.1) is 13.0 Å². The summed E-state index contributed by atoms with van der Waals surface area (Å²) in [7, 11) is 1.80. The number of aliphatic carboxylic acids is 1. The average molecular weight is 346 g/mol. The molecule has 1 aromatic carbocycles. The predicted octanol–water partition coefficient (Wildman–Crippen LogP) is 2.57. The van der Waals surface area contributed by atoms with Crippen molar-refractivity contribution >= 4 is 11.9 Å². The number of hydrogen-bond donors (Lipinski definition) is 1. The fourth-order valence-electron chi connectivity index (χ4n) is 3.29. The molecule has 25 heavy (non-hydrogen) atoms. The third-order valence-electron chi connectivity index (χ3n) is 5.04. The third kappa shape index (κ3) is 6.86. The summed E-state index contributed by atoms with van der Waals surface area (Å²) in [5.74, 6) is -0.0198. The van der Waals surface area contributed by atoms with Crippen LogP contribution in [-0.4, -0.2) is 60.0 Å². The van der Waals surface area contributed by atoms with Crippen molar-refractivity contribution in [2.75, 3.05) is 33.2 Å². The van der Waals surface area contributed by atoms with E-state index in [1.165, 1.54) is 17.5 Å². The number of carboxylic acids is 1. The van der Waals surface area contributed by atoms with E-state index >= 15 is 0 Å². The zero-order chi connectivity index (χ0) is 18.2. The number of carbonyl (C=O) groups excluding carboxylic acids is 1. The van der Waals surface area contributed by atoms with E-state index in [0.717, 1.165) is 32.4 Å². The van der Waals surface area contributed by atoms with Crippen molar-refractivity contribution in [2.24, 2.45) is 5.92 Å². The van der Waals surface area contributed by atoms with Gasteiger partial charge in [-0.05, 0) is 51.1 Å². The normalized spacial score (nSPS) is 15.6. The van der Waals surface area contributed by atoms with Gasteiger partial charge in [-0.3, -0.25) is 14.5 Å². The highest BCUT2D eigenvalue weighted by atomic mass is 16.4. The van der Waals surface area contributed by atoms with E-state index in [1.807, 2.05) is 4.90 Å². The Morgan fingerprint density at radius 2 is 1.84 bits per heavy atom. The molecular weight excluding hydrogens is 316 g/mol. The topological polar surface area (TPSA) is 60.9 Å². The molecule has 0 spiro atoms. The molecule has 0 atom stereocenters. The third-order valence-corrected chi connectivity index (χ3v) is 5.04. The monoisotopic (exact) mass is 346 g/mol. The first-order chi connectivity index (χ1) is 11.9. The number of rotatable bonds is 8. The van der Waals surface area contributed by atoms with E-state index in [2.05, 4.69) is 31.2 Å². The highest BCUT2D eigenvalue weighted by Crippen LogP contribution is 2.22. The Kier molecular flexibility index (Phi) is 7.44. The fraction of sp³-hybridized carbons (Fsp3) is 0.600. The molecule has 0 saturated carbocycles. The highest BCUT2D eigenvalue weighted by molar-refractivity contribution is 5.78. The van der Waals surface area contributed by atoms with Gasteiger partial charge in [0.1, 0.15) is 0 Å². The molecular formula is C20H30N2O3. The number of carboxylic acid groups (broad SMARTS) is 1. The second kappa shape index (κ2) is 9.56. The lowest BCUT2D eigenvalue weighted by atomic mass is 9.90. The van der Waals surface area contributed by atoms with Crippen LogP contribution in [0.3, 0.4) is 0 Å². The average Bonchev–Trinajstić information content (AvgIpc) is 2.60. The van der Waals surface area contributed by atoms with E-state index in [4.69, 9.17) is 5.11 Å². The summed E-state index contributed by atoms with van der Waals surface area (Å²) in [6.45, 7) is 4.47. The van der Waals surface area contributed by atoms with Crippen LogP contribution in [0.5, 0.6) is 0 Å². The molecule has 0 bridgehead atoms. The van der Waals surface area contributed by atoms with Gasteiger partial charge in [-0.2, -0.15) is 0 Å². The van der Waals surface area contributed by atoms with E-state index in [0.29, 0.717) is 19.0 Å². The molecule has 1 aliphatic rings. The maximum absolute atomic E-state index is 12.3. The predicted molar refractivity (Wildman–Crippen MR) is 98.6 cm³/mol. The number of nitrogens with zero attached hydrogens (tertiary/aromatic N) is 2. The Bertz CT molecular complexity index is 563. The molecule has 5 heteroatoms. The smallest absolute Gasteiger partial charge is 0.304 e.